The number of fused-ring (bicyclic) bond motifs is 1. The average molecular weight is 363 g/mol. The number of nitrogens with zero attached hydrogens (tertiary/aromatic N) is 2. The largest absolute Gasteiger partial charge is 0.396 e. The van der Waals surface area contributed by atoms with Crippen LogP contribution >= 0.6 is 11.8 Å². The van der Waals surface area contributed by atoms with Crippen molar-refractivity contribution >= 4 is 28.6 Å². The van der Waals surface area contributed by atoms with E-state index in [9.17, 15) is 9.59 Å². The maximum atomic E-state index is 12.7. The van der Waals surface area contributed by atoms with Crippen LogP contribution in [0.4, 0.5) is 0 Å². The van der Waals surface area contributed by atoms with Gasteiger partial charge in [-0.05, 0) is 31.4 Å². The maximum Gasteiger partial charge on any atom is 0.262 e. The standard InChI is InChI=1S/C18H25N3O3S/c1-12(2)11-19-16(23)13(3)25-18-20-15-8-5-4-7-14(15)17(24)21(18)9-6-10-22/h4-5,7-8,12-13,22H,6,9-11H2,1-3H3,(H,19,23). The Balaban J connectivity index is 2.31. The molecule has 0 saturated carbocycles. The second kappa shape index (κ2) is 9.01. The summed E-state index contributed by atoms with van der Waals surface area (Å²) in [5.74, 6) is 0.303. The van der Waals surface area contributed by atoms with Gasteiger partial charge >= 0.3 is 0 Å². The molecule has 0 saturated heterocycles. The lowest BCUT2D eigenvalue weighted by molar-refractivity contribution is -0.120. The second-order valence-electron chi connectivity index (χ2n) is 6.34. The molecule has 0 fully saturated rings. The summed E-state index contributed by atoms with van der Waals surface area (Å²) < 4.78 is 1.55. The monoisotopic (exact) mass is 363 g/mol. The van der Waals surface area contributed by atoms with Crippen molar-refractivity contribution in [1.29, 1.82) is 0 Å². The number of nitrogens with one attached hydrogen (secondary N) is 1. The normalized spacial score (nSPS) is 12.5. The van der Waals surface area contributed by atoms with Crippen LogP contribution in [0.5, 0.6) is 0 Å². The van der Waals surface area contributed by atoms with Crippen molar-refractivity contribution in [3.05, 3.63) is 34.6 Å². The molecule has 1 atom stereocenters. The Morgan fingerprint density at radius 1 is 1.32 bits per heavy atom. The highest BCUT2D eigenvalue weighted by atomic mass is 32.2. The summed E-state index contributed by atoms with van der Waals surface area (Å²) in [5.41, 5.74) is 0.473. The predicted molar refractivity (Wildman–Crippen MR) is 101 cm³/mol. The van der Waals surface area contributed by atoms with Gasteiger partial charge in [0.2, 0.25) is 5.91 Å². The summed E-state index contributed by atoms with van der Waals surface area (Å²) in [5, 5.41) is 12.7. The van der Waals surface area contributed by atoms with Gasteiger partial charge in [0.15, 0.2) is 5.16 Å². The molecule has 0 spiro atoms. The molecular formula is C18H25N3O3S. The molecule has 6 nitrogen and oxygen atoms in total. The summed E-state index contributed by atoms with van der Waals surface area (Å²) in [7, 11) is 0. The number of amides is 1. The van der Waals surface area contributed by atoms with Crippen molar-refractivity contribution in [3.8, 4) is 0 Å². The fourth-order valence-corrected chi connectivity index (χ4v) is 3.28. The van der Waals surface area contributed by atoms with Crippen LogP contribution in [0.1, 0.15) is 27.2 Å². The number of carbonyl (C=O) groups excluding carboxylic acids is 1. The Bertz CT molecular complexity index is 789. The molecule has 1 amide bonds. The molecule has 1 aromatic carbocycles. The van der Waals surface area contributed by atoms with Crippen LogP contribution in [0, 0.1) is 5.92 Å². The Hall–Kier alpha value is -1.86. The number of hydrogen-bond donors (Lipinski definition) is 2. The van der Waals surface area contributed by atoms with Gasteiger partial charge in [0, 0.05) is 19.7 Å². The van der Waals surface area contributed by atoms with Crippen molar-refractivity contribution in [2.75, 3.05) is 13.2 Å². The Kier molecular flexibility index (Phi) is 7.01. The number of rotatable bonds is 8. The lowest BCUT2D eigenvalue weighted by Crippen LogP contribution is -2.34. The summed E-state index contributed by atoms with van der Waals surface area (Å²) in [6.45, 7) is 6.86. The van der Waals surface area contributed by atoms with Gasteiger partial charge in [0.25, 0.3) is 5.56 Å². The molecule has 0 radical (unpaired) electrons. The molecule has 0 bridgehead atoms. The number of para-hydroxylation sites is 1. The van der Waals surface area contributed by atoms with E-state index in [0.29, 0.717) is 41.5 Å². The third kappa shape index (κ3) is 5.06. The molecule has 2 aromatic rings. The van der Waals surface area contributed by atoms with Gasteiger partial charge in [-0.2, -0.15) is 0 Å². The number of benzene rings is 1. The highest BCUT2D eigenvalue weighted by Gasteiger charge is 2.19. The smallest absolute Gasteiger partial charge is 0.262 e. The summed E-state index contributed by atoms with van der Waals surface area (Å²) in [4.78, 5) is 29.6. The number of carbonyl (C=O) groups is 1. The van der Waals surface area contributed by atoms with Gasteiger partial charge in [0.1, 0.15) is 0 Å². The zero-order valence-corrected chi connectivity index (χ0v) is 15.7. The van der Waals surface area contributed by atoms with Crippen molar-refractivity contribution in [2.24, 2.45) is 5.92 Å². The van der Waals surface area contributed by atoms with Crippen LogP contribution in [0.2, 0.25) is 0 Å². The minimum absolute atomic E-state index is 0.00615. The first-order valence-corrected chi connectivity index (χ1v) is 9.36. The lowest BCUT2D eigenvalue weighted by atomic mass is 10.2. The maximum absolute atomic E-state index is 12.7. The predicted octanol–water partition coefficient (Wildman–Crippen LogP) is 2.03. The fourth-order valence-electron chi connectivity index (χ4n) is 2.32. The molecule has 0 aliphatic heterocycles. The third-order valence-electron chi connectivity index (χ3n) is 3.70. The molecule has 2 N–H and O–H groups in total. The van der Waals surface area contributed by atoms with Crippen molar-refractivity contribution in [3.63, 3.8) is 0 Å². The van der Waals surface area contributed by atoms with Gasteiger partial charge in [-0.25, -0.2) is 4.98 Å². The third-order valence-corrected chi connectivity index (χ3v) is 4.79. The quantitative estimate of drug-likeness (QED) is 0.554. The minimum atomic E-state index is -0.368. The van der Waals surface area contributed by atoms with Gasteiger partial charge in [-0.1, -0.05) is 37.7 Å². The van der Waals surface area contributed by atoms with Crippen LogP contribution in [-0.2, 0) is 11.3 Å². The zero-order chi connectivity index (χ0) is 18.4. The number of aliphatic hydroxyl groups excluding tert-OH is 1. The topological polar surface area (TPSA) is 84.2 Å². The van der Waals surface area contributed by atoms with Crippen LogP contribution in [-0.4, -0.2) is 39.0 Å². The van der Waals surface area contributed by atoms with E-state index in [1.165, 1.54) is 11.8 Å². The first kappa shape index (κ1) is 19.5. The number of thioether (sulfide) groups is 1. The lowest BCUT2D eigenvalue weighted by Gasteiger charge is -2.16. The summed E-state index contributed by atoms with van der Waals surface area (Å²) >= 11 is 1.27. The molecule has 2 rings (SSSR count). The van der Waals surface area contributed by atoms with Gasteiger partial charge < -0.3 is 10.4 Å². The van der Waals surface area contributed by atoms with Crippen LogP contribution < -0.4 is 10.9 Å². The van der Waals surface area contributed by atoms with Crippen LogP contribution in [0.3, 0.4) is 0 Å². The molecule has 0 aliphatic rings. The SMILES string of the molecule is CC(C)CNC(=O)C(C)Sc1nc2ccccc2c(=O)n1CCCO. The number of hydrogen-bond acceptors (Lipinski definition) is 5. The zero-order valence-electron chi connectivity index (χ0n) is 14.9. The molecule has 136 valence electrons. The summed E-state index contributed by atoms with van der Waals surface area (Å²) in [6.07, 6.45) is 0.460. The van der Waals surface area contributed by atoms with Gasteiger partial charge in [-0.15, -0.1) is 0 Å². The number of aromatic nitrogens is 2. The Morgan fingerprint density at radius 2 is 2.04 bits per heavy atom. The number of aliphatic hydroxyl groups is 1. The van der Waals surface area contributed by atoms with E-state index in [2.05, 4.69) is 10.3 Å². The van der Waals surface area contributed by atoms with Crippen LogP contribution in [0.15, 0.2) is 34.2 Å². The highest BCUT2D eigenvalue weighted by molar-refractivity contribution is 8.00. The first-order chi connectivity index (χ1) is 11.9. The summed E-state index contributed by atoms with van der Waals surface area (Å²) in [6, 6.07) is 7.17. The van der Waals surface area contributed by atoms with E-state index in [4.69, 9.17) is 5.11 Å². The van der Waals surface area contributed by atoms with E-state index >= 15 is 0 Å². The highest BCUT2D eigenvalue weighted by Crippen LogP contribution is 2.22. The van der Waals surface area contributed by atoms with E-state index in [0.717, 1.165) is 0 Å². The first-order valence-electron chi connectivity index (χ1n) is 8.48. The van der Waals surface area contributed by atoms with E-state index in [1.807, 2.05) is 19.9 Å². The average Bonchev–Trinajstić information content (AvgIpc) is 2.59. The van der Waals surface area contributed by atoms with Crippen molar-refractivity contribution < 1.29 is 9.90 Å². The fraction of sp³-hybridized carbons (Fsp3) is 0.500. The molecule has 1 heterocycles. The van der Waals surface area contributed by atoms with Crippen molar-refractivity contribution in [1.82, 2.24) is 14.9 Å². The Labute approximate surface area is 151 Å². The van der Waals surface area contributed by atoms with E-state index in [-0.39, 0.29) is 23.3 Å². The second-order valence-corrected chi connectivity index (χ2v) is 7.65. The van der Waals surface area contributed by atoms with Gasteiger partial charge in [0.05, 0.1) is 16.2 Å². The Morgan fingerprint density at radius 3 is 2.72 bits per heavy atom. The molecule has 25 heavy (non-hydrogen) atoms. The van der Waals surface area contributed by atoms with Gasteiger partial charge in [-0.3, -0.25) is 14.2 Å². The van der Waals surface area contributed by atoms with Crippen LogP contribution in [0.25, 0.3) is 10.9 Å². The minimum Gasteiger partial charge on any atom is -0.396 e. The van der Waals surface area contributed by atoms with Crippen molar-refractivity contribution in [2.45, 2.75) is 44.1 Å². The molecular weight excluding hydrogens is 338 g/mol. The molecule has 7 heteroatoms. The molecule has 1 unspecified atom stereocenters. The van der Waals surface area contributed by atoms with E-state index < -0.39 is 0 Å². The molecule has 1 aromatic heterocycles. The molecule has 0 aliphatic carbocycles. The van der Waals surface area contributed by atoms with E-state index in [1.54, 1.807) is 29.7 Å².